The van der Waals surface area contributed by atoms with Gasteiger partial charge >= 0.3 is 6.01 Å². The fourth-order valence-corrected chi connectivity index (χ4v) is 2.51. The van der Waals surface area contributed by atoms with Gasteiger partial charge in [0, 0.05) is 11.5 Å². The number of anilines is 1. The molecule has 0 aliphatic heterocycles. The highest BCUT2D eigenvalue weighted by atomic mass is 32.1. The van der Waals surface area contributed by atoms with Crippen LogP contribution < -0.4 is 10.5 Å². The molecule has 0 atom stereocenters. The Bertz CT molecular complexity index is 751. The van der Waals surface area contributed by atoms with Gasteiger partial charge in [0.15, 0.2) is 5.01 Å². The number of benzene rings is 1. The molecule has 2 aromatic heterocycles. The van der Waals surface area contributed by atoms with E-state index >= 15 is 0 Å². The Kier molecular flexibility index (Phi) is 4.01. The van der Waals surface area contributed by atoms with Gasteiger partial charge in [-0.1, -0.05) is 30.3 Å². The molecule has 0 radical (unpaired) electrons. The molecule has 7 nitrogen and oxygen atoms in total. The molecule has 0 amide bonds. The Morgan fingerprint density at radius 2 is 1.91 bits per heavy atom. The largest absolute Gasteiger partial charge is 0.486 e. The van der Waals surface area contributed by atoms with Crippen molar-refractivity contribution >= 4 is 17.4 Å². The molecular formula is C14H15N5O2S. The number of nitrogens with two attached hydrogens (primary N) is 1. The maximum absolute atomic E-state index is 5.70. The summed E-state index contributed by atoms with van der Waals surface area (Å²) in [6.45, 7) is 4.58. The Labute approximate surface area is 131 Å². The van der Waals surface area contributed by atoms with E-state index < -0.39 is 0 Å². The summed E-state index contributed by atoms with van der Waals surface area (Å²) in [6, 6.07) is 7.39. The highest BCUT2D eigenvalue weighted by Gasteiger charge is 2.09. The molecule has 0 spiro atoms. The van der Waals surface area contributed by atoms with Crippen LogP contribution in [0.1, 0.15) is 29.8 Å². The molecule has 0 saturated heterocycles. The summed E-state index contributed by atoms with van der Waals surface area (Å²) in [5.41, 5.74) is 6.19. The Balaban J connectivity index is 1.63. The molecule has 0 fully saturated rings. The molecule has 1 aromatic carbocycles. The first-order valence-electron chi connectivity index (χ1n) is 6.76. The zero-order valence-electron chi connectivity index (χ0n) is 12.2. The monoisotopic (exact) mass is 317 g/mol. The normalized spacial score (nSPS) is 11.0. The number of ether oxygens (including phenoxy) is 1. The zero-order chi connectivity index (χ0) is 15.5. The van der Waals surface area contributed by atoms with Crippen LogP contribution in [0.4, 0.5) is 6.01 Å². The molecular weight excluding hydrogens is 302 g/mol. The Morgan fingerprint density at radius 1 is 1.14 bits per heavy atom. The third kappa shape index (κ3) is 3.22. The van der Waals surface area contributed by atoms with E-state index in [0.29, 0.717) is 18.4 Å². The number of aromatic nitrogens is 4. The summed E-state index contributed by atoms with van der Waals surface area (Å²) in [7, 11) is 0. The van der Waals surface area contributed by atoms with Crippen LogP contribution in [0.15, 0.2) is 28.7 Å². The number of nitrogen functional groups attached to an aromatic ring is 1. The van der Waals surface area contributed by atoms with E-state index in [1.807, 2.05) is 24.3 Å². The van der Waals surface area contributed by atoms with E-state index in [1.54, 1.807) is 11.3 Å². The molecule has 3 aromatic rings. The lowest BCUT2D eigenvalue weighted by Gasteiger charge is -2.03. The quantitative estimate of drug-likeness (QED) is 0.772. The van der Waals surface area contributed by atoms with Gasteiger partial charge in [-0.25, -0.2) is 0 Å². The summed E-state index contributed by atoms with van der Waals surface area (Å²) in [6.07, 6.45) is 0. The van der Waals surface area contributed by atoms with Crippen LogP contribution in [0, 0.1) is 0 Å². The van der Waals surface area contributed by atoms with Crippen LogP contribution in [0.5, 0.6) is 5.75 Å². The summed E-state index contributed by atoms with van der Waals surface area (Å²) in [4.78, 5) is 0. The molecule has 2 N–H and O–H groups in total. The van der Waals surface area contributed by atoms with Crippen LogP contribution in [0.25, 0.3) is 11.5 Å². The zero-order valence-corrected chi connectivity index (χ0v) is 13.0. The first-order valence-corrected chi connectivity index (χ1v) is 7.58. The van der Waals surface area contributed by atoms with E-state index in [0.717, 1.165) is 21.3 Å². The Hall–Kier alpha value is -2.48. The molecule has 0 bridgehead atoms. The summed E-state index contributed by atoms with van der Waals surface area (Å²) < 4.78 is 10.9. The second-order valence-corrected chi connectivity index (χ2v) is 6.04. The third-order valence-electron chi connectivity index (χ3n) is 2.88. The van der Waals surface area contributed by atoms with Crippen molar-refractivity contribution in [2.24, 2.45) is 0 Å². The standard InChI is InChI=1S/C14H15N5O2S/c1-8(2)13-18-16-11(22-13)7-20-10-5-3-9(4-6-10)12-17-19-14(15)21-12/h3-6,8H,7H2,1-2H3,(H2,15,19). The van der Waals surface area contributed by atoms with Gasteiger partial charge < -0.3 is 14.9 Å². The van der Waals surface area contributed by atoms with Crippen LogP contribution in [0.3, 0.4) is 0 Å². The first kappa shape index (κ1) is 14.5. The lowest BCUT2D eigenvalue weighted by atomic mass is 10.2. The minimum atomic E-state index is 0.0487. The molecule has 3 rings (SSSR count). The molecule has 114 valence electrons. The van der Waals surface area contributed by atoms with Crippen LogP contribution in [-0.4, -0.2) is 20.4 Å². The molecule has 22 heavy (non-hydrogen) atoms. The summed E-state index contributed by atoms with van der Waals surface area (Å²) in [5, 5.41) is 17.6. The van der Waals surface area contributed by atoms with Gasteiger partial charge in [0.2, 0.25) is 5.89 Å². The topological polar surface area (TPSA) is 100.0 Å². The lowest BCUT2D eigenvalue weighted by molar-refractivity contribution is 0.304. The highest BCUT2D eigenvalue weighted by molar-refractivity contribution is 7.11. The Morgan fingerprint density at radius 3 is 2.50 bits per heavy atom. The minimum absolute atomic E-state index is 0.0487. The molecule has 0 saturated carbocycles. The van der Waals surface area contributed by atoms with Gasteiger partial charge in [0.1, 0.15) is 17.4 Å². The predicted octanol–water partition coefficient (Wildman–Crippen LogP) is 2.87. The number of hydrogen-bond donors (Lipinski definition) is 1. The van der Waals surface area contributed by atoms with Gasteiger partial charge in [-0.2, -0.15) is 0 Å². The van der Waals surface area contributed by atoms with E-state index in [-0.39, 0.29) is 6.01 Å². The van der Waals surface area contributed by atoms with Gasteiger partial charge in [0.25, 0.3) is 0 Å². The van der Waals surface area contributed by atoms with Gasteiger partial charge in [-0.05, 0) is 24.3 Å². The minimum Gasteiger partial charge on any atom is -0.486 e. The number of rotatable bonds is 5. The molecule has 0 aliphatic carbocycles. The maximum Gasteiger partial charge on any atom is 0.313 e. The molecule has 8 heteroatoms. The van der Waals surface area contributed by atoms with Crippen LogP contribution in [0.2, 0.25) is 0 Å². The van der Waals surface area contributed by atoms with E-state index in [4.69, 9.17) is 14.9 Å². The van der Waals surface area contributed by atoms with Crippen molar-refractivity contribution in [2.45, 2.75) is 26.4 Å². The smallest absolute Gasteiger partial charge is 0.313 e. The average molecular weight is 317 g/mol. The van der Waals surface area contributed by atoms with Crippen LogP contribution in [-0.2, 0) is 6.61 Å². The van der Waals surface area contributed by atoms with E-state index in [9.17, 15) is 0 Å². The van der Waals surface area contributed by atoms with Crippen molar-refractivity contribution in [3.63, 3.8) is 0 Å². The fraction of sp³-hybridized carbons (Fsp3) is 0.286. The first-order chi connectivity index (χ1) is 10.6. The SMILES string of the molecule is CC(C)c1nnc(COc2ccc(-c3nnc(N)o3)cc2)s1. The van der Waals surface area contributed by atoms with Gasteiger partial charge in [-0.3, -0.25) is 0 Å². The van der Waals surface area contributed by atoms with Crippen molar-refractivity contribution < 1.29 is 9.15 Å². The average Bonchev–Trinajstić information content (AvgIpc) is 3.15. The lowest BCUT2D eigenvalue weighted by Crippen LogP contribution is -1.94. The third-order valence-corrected chi connectivity index (χ3v) is 4.08. The van der Waals surface area contributed by atoms with Gasteiger partial charge in [-0.15, -0.1) is 15.3 Å². The van der Waals surface area contributed by atoms with Crippen LogP contribution >= 0.6 is 11.3 Å². The fourth-order valence-electron chi connectivity index (χ4n) is 1.75. The number of nitrogens with zero attached hydrogens (tertiary/aromatic N) is 4. The summed E-state index contributed by atoms with van der Waals surface area (Å²) >= 11 is 1.57. The van der Waals surface area contributed by atoms with Gasteiger partial charge in [0.05, 0.1) is 0 Å². The van der Waals surface area contributed by atoms with Crippen molar-refractivity contribution in [1.82, 2.24) is 20.4 Å². The molecule has 0 aliphatic rings. The van der Waals surface area contributed by atoms with E-state index in [2.05, 4.69) is 34.2 Å². The predicted molar refractivity (Wildman–Crippen MR) is 82.5 cm³/mol. The van der Waals surface area contributed by atoms with E-state index in [1.165, 1.54) is 0 Å². The molecule has 0 unspecified atom stereocenters. The maximum atomic E-state index is 5.70. The molecule has 2 heterocycles. The highest BCUT2D eigenvalue weighted by Crippen LogP contribution is 2.23. The summed E-state index contributed by atoms with van der Waals surface area (Å²) in [5.74, 6) is 1.50. The van der Waals surface area contributed by atoms with Crippen molar-refractivity contribution in [3.8, 4) is 17.2 Å². The van der Waals surface area contributed by atoms with Crippen molar-refractivity contribution in [1.29, 1.82) is 0 Å². The second kappa shape index (κ2) is 6.10. The van der Waals surface area contributed by atoms with Crippen molar-refractivity contribution in [3.05, 3.63) is 34.3 Å². The second-order valence-electron chi connectivity index (χ2n) is 4.95. The van der Waals surface area contributed by atoms with Crippen molar-refractivity contribution in [2.75, 3.05) is 5.73 Å². The number of hydrogen-bond acceptors (Lipinski definition) is 8.